The number of carbonyl (C=O) groups excluding carboxylic acids is 1. The lowest BCUT2D eigenvalue weighted by Gasteiger charge is -2.30. The molecule has 44 heavy (non-hydrogen) atoms. The van der Waals surface area contributed by atoms with Gasteiger partial charge in [0.1, 0.15) is 24.4 Å². The summed E-state index contributed by atoms with van der Waals surface area (Å²) >= 11 is 0. The summed E-state index contributed by atoms with van der Waals surface area (Å²) in [6.45, 7) is -0.894. The molecule has 3 aromatic carbocycles. The Labute approximate surface area is 239 Å². The van der Waals surface area contributed by atoms with E-state index in [1.54, 1.807) is 0 Å². The van der Waals surface area contributed by atoms with E-state index in [9.17, 15) is 65.4 Å². The van der Waals surface area contributed by atoms with Gasteiger partial charge in [-0.15, -0.1) is 0 Å². The van der Waals surface area contributed by atoms with E-state index in [2.05, 4.69) is 0 Å². The largest absolute Gasteiger partial charge is 0.504 e. The third kappa shape index (κ3) is 3.17. The van der Waals surface area contributed by atoms with Crippen molar-refractivity contribution in [1.29, 1.82) is 0 Å². The average Bonchev–Trinajstić information content (AvgIpc) is 3.31. The Hall–Kier alpha value is -5.49. The van der Waals surface area contributed by atoms with Crippen LogP contribution >= 0.6 is 0 Å². The zero-order valence-corrected chi connectivity index (χ0v) is 21.5. The summed E-state index contributed by atoms with van der Waals surface area (Å²) in [6.07, 6.45) is -8.30. The molecule has 1 saturated heterocycles. The normalized spacial score (nSPS) is 22.0. The molecule has 0 bridgehead atoms. The van der Waals surface area contributed by atoms with Crippen LogP contribution in [0, 0.1) is 0 Å². The molecule has 4 heterocycles. The van der Waals surface area contributed by atoms with E-state index in [1.165, 1.54) is 0 Å². The maximum atomic E-state index is 13.5. The number of ether oxygens (including phenoxy) is 2. The molecule has 0 saturated carbocycles. The van der Waals surface area contributed by atoms with Crippen LogP contribution < -0.4 is 11.3 Å². The summed E-state index contributed by atoms with van der Waals surface area (Å²) in [7, 11) is 0. The highest BCUT2D eigenvalue weighted by molar-refractivity contribution is 6.26. The molecule has 2 aliphatic heterocycles. The molecule has 0 aliphatic carbocycles. The minimum Gasteiger partial charge on any atom is -0.504 e. The second-order valence-corrected chi connectivity index (χ2v) is 10.3. The smallest absolute Gasteiger partial charge is 0.345 e. The number of aromatic hydroxyl groups is 7. The second kappa shape index (κ2) is 8.77. The number of phenolic OH excluding ortho intramolecular Hbond substituents is 7. The first-order valence-corrected chi connectivity index (χ1v) is 12.6. The number of esters is 1. The Kier molecular flexibility index (Phi) is 5.45. The first-order chi connectivity index (χ1) is 20.8. The fourth-order valence-corrected chi connectivity index (χ4v) is 6.04. The number of fused-ring (bicyclic) bond motifs is 3. The van der Waals surface area contributed by atoms with Gasteiger partial charge in [-0.2, -0.15) is 0 Å². The van der Waals surface area contributed by atoms with Gasteiger partial charge in [0.25, 0.3) is 0 Å². The van der Waals surface area contributed by atoms with Crippen LogP contribution in [-0.2, 0) is 9.47 Å². The lowest BCUT2D eigenvalue weighted by atomic mass is 9.84. The molecule has 2 aliphatic rings. The van der Waals surface area contributed by atoms with E-state index in [4.69, 9.17) is 18.3 Å². The summed E-state index contributed by atoms with van der Waals surface area (Å²) in [4.78, 5) is 39.6. The minimum atomic E-state index is -1.76. The molecule has 17 heteroatoms. The van der Waals surface area contributed by atoms with Crippen molar-refractivity contribution in [2.45, 2.75) is 30.5 Å². The number of carbonyl (C=O) groups is 1. The summed E-state index contributed by atoms with van der Waals surface area (Å²) in [5.74, 6) is -9.58. The Morgan fingerprint density at radius 3 is 2.05 bits per heavy atom. The fraction of sp³-hybridized carbons (Fsp3) is 0.222. The Morgan fingerprint density at radius 2 is 1.36 bits per heavy atom. The predicted molar refractivity (Wildman–Crippen MR) is 140 cm³/mol. The molecule has 2 aromatic heterocycles. The highest BCUT2D eigenvalue weighted by Crippen LogP contribution is 2.59. The van der Waals surface area contributed by atoms with Gasteiger partial charge in [-0.3, -0.25) is 0 Å². The molecule has 10 N–H and O–H groups in total. The maximum Gasteiger partial charge on any atom is 0.345 e. The van der Waals surface area contributed by atoms with Crippen molar-refractivity contribution in [3.63, 3.8) is 0 Å². The highest BCUT2D eigenvalue weighted by atomic mass is 16.6. The first kappa shape index (κ1) is 27.3. The van der Waals surface area contributed by atoms with E-state index in [-0.39, 0.29) is 5.39 Å². The van der Waals surface area contributed by atoms with Gasteiger partial charge in [0.15, 0.2) is 40.3 Å². The molecular formula is C27H18O17. The summed E-state index contributed by atoms with van der Waals surface area (Å²) in [5, 5.41) is 103. The van der Waals surface area contributed by atoms with Gasteiger partial charge < -0.3 is 69.4 Å². The predicted octanol–water partition coefficient (Wildman–Crippen LogP) is -0.210. The minimum absolute atomic E-state index is 0.389. The van der Waals surface area contributed by atoms with Gasteiger partial charge in [-0.05, 0) is 6.07 Å². The molecule has 228 valence electrons. The van der Waals surface area contributed by atoms with Crippen LogP contribution in [0.25, 0.3) is 43.8 Å². The molecule has 0 amide bonds. The van der Waals surface area contributed by atoms with E-state index < -0.39 is 144 Å². The van der Waals surface area contributed by atoms with Crippen LogP contribution in [0.3, 0.4) is 0 Å². The molecule has 1 fully saturated rings. The monoisotopic (exact) mass is 614 g/mol. The standard InChI is InChI=1S/C27H18O17/c28-2-5(30)20-19(37)24-23(41-20)12-11(27(40)44-24)8(14(32)17(35)16(12)34)7-10-9-6-3(25(38)42-22(9)18(36)15(7)33)1-4(29)13(31)21(6)43-26(10)39/h1,5,19-20,23-24,28-37H,2H2/t5-,19+,20-,23-,24-/m1/s1. The molecule has 0 spiro atoms. The van der Waals surface area contributed by atoms with Crippen molar-refractivity contribution in [1.82, 2.24) is 0 Å². The van der Waals surface area contributed by atoms with Crippen molar-refractivity contribution in [2.24, 2.45) is 0 Å². The SMILES string of the molecule is O=C1O[C@@H]2[C@@H](O)[C@@H]([C@H](O)CO)O[C@@H]2c2c(O)c(O)c(O)c(-c3c(O)c(O)c4oc(=O)c5cc(O)c(O)c6oc(=O)c3c4c65)c21. The van der Waals surface area contributed by atoms with E-state index in [0.717, 1.165) is 6.07 Å². The van der Waals surface area contributed by atoms with Crippen LogP contribution in [0.5, 0.6) is 40.2 Å². The lowest BCUT2D eigenvalue weighted by molar-refractivity contribution is -0.0824. The van der Waals surface area contributed by atoms with Crippen LogP contribution in [0.15, 0.2) is 24.5 Å². The van der Waals surface area contributed by atoms with Crippen molar-refractivity contribution < 1.29 is 74.2 Å². The summed E-state index contributed by atoms with van der Waals surface area (Å²) < 4.78 is 21.1. The Bertz CT molecular complexity index is 2210. The molecular weight excluding hydrogens is 596 g/mol. The van der Waals surface area contributed by atoms with Gasteiger partial charge in [0.05, 0.1) is 22.9 Å². The molecule has 5 aromatic rings. The van der Waals surface area contributed by atoms with Crippen LogP contribution in [-0.4, -0.2) is 88.1 Å². The maximum absolute atomic E-state index is 13.5. The number of phenols is 7. The third-order valence-corrected chi connectivity index (χ3v) is 7.99. The Morgan fingerprint density at radius 1 is 0.727 bits per heavy atom. The quantitative estimate of drug-likeness (QED) is 0.0544. The number of rotatable bonds is 3. The van der Waals surface area contributed by atoms with Gasteiger partial charge in [0.2, 0.25) is 17.2 Å². The van der Waals surface area contributed by atoms with Gasteiger partial charge in [-0.1, -0.05) is 0 Å². The lowest BCUT2D eigenvalue weighted by Crippen LogP contribution is -2.42. The number of benzene rings is 3. The first-order valence-electron chi connectivity index (χ1n) is 12.6. The Balaban J connectivity index is 1.65. The topological polar surface area (TPSA) is 298 Å². The number of hydrogen-bond donors (Lipinski definition) is 10. The summed E-state index contributed by atoms with van der Waals surface area (Å²) in [5.41, 5.74) is -7.47. The van der Waals surface area contributed by atoms with Gasteiger partial charge in [-0.25, -0.2) is 14.4 Å². The van der Waals surface area contributed by atoms with Crippen molar-refractivity contribution >= 4 is 38.7 Å². The van der Waals surface area contributed by atoms with Crippen LogP contribution in [0.1, 0.15) is 22.0 Å². The highest BCUT2D eigenvalue weighted by Gasteiger charge is 2.55. The fourth-order valence-electron chi connectivity index (χ4n) is 6.04. The number of aliphatic hydroxyl groups excluding tert-OH is 3. The molecule has 0 unspecified atom stereocenters. The molecule has 5 atom stereocenters. The zero-order chi connectivity index (χ0) is 31.7. The summed E-state index contributed by atoms with van der Waals surface area (Å²) in [6, 6.07) is 0.773. The van der Waals surface area contributed by atoms with Gasteiger partial charge >= 0.3 is 17.2 Å². The van der Waals surface area contributed by atoms with Gasteiger partial charge in [0, 0.05) is 27.5 Å². The number of hydrogen-bond acceptors (Lipinski definition) is 17. The molecule has 0 radical (unpaired) electrons. The van der Waals surface area contributed by atoms with Crippen LogP contribution in [0.2, 0.25) is 0 Å². The average molecular weight is 614 g/mol. The van der Waals surface area contributed by atoms with E-state index in [1.807, 2.05) is 0 Å². The van der Waals surface area contributed by atoms with E-state index in [0.29, 0.717) is 0 Å². The molecule has 7 rings (SSSR count). The van der Waals surface area contributed by atoms with E-state index >= 15 is 0 Å². The van der Waals surface area contributed by atoms with Crippen molar-refractivity contribution in [2.75, 3.05) is 6.61 Å². The van der Waals surface area contributed by atoms with Crippen molar-refractivity contribution in [3.05, 3.63) is 38.0 Å². The van der Waals surface area contributed by atoms with Crippen LogP contribution in [0.4, 0.5) is 0 Å². The zero-order valence-electron chi connectivity index (χ0n) is 21.5. The second-order valence-electron chi connectivity index (χ2n) is 10.3. The third-order valence-electron chi connectivity index (χ3n) is 7.99. The molecule has 17 nitrogen and oxygen atoms in total. The number of aliphatic hydroxyl groups is 3. The van der Waals surface area contributed by atoms with Crippen molar-refractivity contribution in [3.8, 4) is 51.4 Å².